The van der Waals surface area contributed by atoms with Crippen LogP contribution in [0.3, 0.4) is 0 Å². The van der Waals surface area contributed by atoms with Crippen LogP contribution in [-0.4, -0.2) is 55.5 Å². The van der Waals surface area contributed by atoms with E-state index in [-0.39, 0.29) is 17.6 Å². The highest BCUT2D eigenvalue weighted by Crippen LogP contribution is 2.44. The first kappa shape index (κ1) is 20.1. The molecule has 150 valence electrons. The van der Waals surface area contributed by atoms with Crippen LogP contribution in [0.15, 0.2) is 0 Å². The van der Waals surface area contributed by atoms with Gasteiger partial charge in [0.15, 0.2) is 0 Å². The van der Waals surface area contributed by atoms with Gasteiger partial charge in [-0.25, -0.2) is 12.7 Å². The van der Waals surface area contributed by atoms with Crippen molar-refractivity contribution in [1.29, 1.82) is 0 Å². The predicted octanol–water partition coefficient (Wildman–Crippen LogP) is 3.40. The Hall–Kier alpha value is -0.620. The molecule has 6 heteroatoms. The molecule has 0 N–H and O–H groups in total. The Bertz CT molecular complexity index is 566. The molecule has 2 aliphatic heterocycles. The average Bonchev–Trinajstić information content (AvgIpc) is 2.67. The Morgan fingerprint density at radius 3 is 2.15 bits per heavy atom. The molecule has 0 unspecified atom stereocenters. The first-order valence-corrected chi connectivity index (χ1v) is 12.3. The molecule has 0 radical (unpaired) electrons. The molecule has 0 bridgehead atoms. The second-order valence-electron chi connectivity index (χ2n) is 8.73. The van der Waals surface area contributed by atoms with Gasteiger partial charge in [0, 0.05) is 32.1 Å². The normalized spacial score (nSPS) is 25.5. The third-order valence-electron chi connectivity index (χ3n) is 7.00. The minimum atomic E-state index is -3.13. The Morgan fingerprint density at radius 1 is 0.962 bits per heavy atom. The smallest absolute Gasteiger partial charge is 0.225 e. The molecule has 3 fully saturated rings. The number of nitrogens with zero attached hydrogens (tertiary/aromatic N) is 2. The SMILES string of the molecule is CCCCS(=O)(=O)N1CCC(C(=O)N2CCC3(CCCCC3)CC2)CC1. The Labute approximate surface area is 159 Å². The molecule has 1 aliphatic carbocycles. The zero-order valence-corrected chi connectivity index (χ0v) is 17.2. The van der Waals surface area contributed by atoms with Crippen molar-refractivity contribution in [3.05, 3.63) is 0 Å². The lowest BCUT2D eigenvalue weighted by molar-refractivity contribution is -0.139. The quantitative estimate of drug-likeness (QED) is 0.730. The van der Waals surface area contributed by atoms with Crippen LogP contribution in [-0.2, 0) is 14.8 Å². The van der Waals surface area contributed by atoms with Gasteiger partial charge in [-0.1, -0.05) is 32.6 Å². The first-order chi connectivity index (χ1) is 12.5. The minimum Gasteiger partial charge on any atom is -0.342 e. The van der Waals surface area contributed by atoms with E-state index in [0.717, 1.165) is 25.9 Å². The van der Waals surface area contributed by atoms with E-state index < -0.39 is 10.0 Å². The van der Waals surface area contributed by atoms with Gasteiger partial charge in [-0.15, -0.1) is 0 Å². The van der Waals surface area contributed by atoms with E-state index >= 15 is 0 Å². The molecule has 2 heterocycles. The summed E-state index contributed by atoms with van der Waals surface area (Å²) in [6.45, 7) is 4.86. The van der Waals surface area contributed by atoms with Gasteiger partial charge in [-0.05, 0) is 50.4 Å². The molecule has 3 aliphatic rings. The largest absolute Gasteiger partial charge is 0.342 e. The van der Waals surface area contributed by atoms with Crippen molar-refractivity contribution in [2.75, 3.05) is 31.9 Å². The van der Waals surface area contributed by atoms with Crippen molar-refractivity contribution in [2.24, 2.45) is 11.3 Å². The maximum atomic E-state index is 12.9. The number of amides is 1. The summed E-state index contributed by atoms with van der Waals surface area (Å²) in [5, 5.41) is 0. The first-order valence-electron chi connectivity index (χ1n) is 10.7. The second-order valence-corrected chi connectivity index (χ2v) is 10.8. The summed E-state index contributed by atoms with van der Waals surface area (Å²) < 4.78 is 26.3. The lowest BCUT2D eigenvalue weighted by Gasteiger charge is -2.45. The van der Waals surface area contributed by atoms with Gasteiger partial charge in [0.25, 0.3) is 0 Å². The average molecular weight is 385 g/mol. The fraction of sp³-hybridized carbons (Fsp3) is 0.950. The second kappa shape index (κ2) is 8.59. The van der Waals surface area contributed by atoms with Crippen molar-refractivity contribution in [2.45, 2.75) is 77.6 Å². The van der Waals surface area contributed by atoms with Crippen LogP contribution in [0.1, 0.15) is 77.6 Å². The topological polar surface area (TPSA) is 57.7 Å². The fourth-order valence-electron chi connectivity index (χ4n) is 5.10. The Balaban J connectivity index is 1.47. The number of sulfonamides is 1. The number of unbranched alkanes of at least 4 members (excludes halogenated alkanes) is 1. The van der Waals surface area contributed by atoms with Gasteiger partial charge >= 0.3 is 0 Å². The van der Waals surface area contributed by atoms with E-state index in [1.807, 2.05) is 6.92 Å². The summed E-state index contributed by atoms with van der Waals surface area (Å²) in [7, 11) is -3.13. The van der Waals surface area contributed by atoms with Gasteiger partial charge in [0.05, 0.1) is 5.75 Å². The number of carbonyl (C=O) groups excluding carboxylic acids is 1. The molecular weight excluding hydrogens is 348 g/mol. The van der Waals surface area contributed by atoms with E-state index in [9.17, 15) is 13.2 Å². The van der Waals surface area contributed by atoms with Crippen LogP contribution < -0.4 is 0 Å². The van der Waals surface area contributed by atoms with Crippen molar-refractivity contribution >= 4 is 15.9 Å². The third-order valence-corrected chi connectivity index (χ3v) is 8.96. The number of piperidine rings is 2. The molecule has 1 saturated carbocycles. The molecule has 0 aromatic heterocycles. The molecule has 5 nitrogen and oxygen atoms in total. The van der Waals surface area contributed by atoms with Crippen LogP contribution in [0.5, 0.6) is 0 Å². The summed E-state index contributed by atoms with van der Waals surface area (Å²) >= 11 is 0. The summed E-state index contributed by atoms with van der Waals surface area (Å²) in [5.41, 5.74) is 0.520. The van der Waals surface area contributed by atoms with E-state index in [1.165, 1.54) is 44.9 Å². The van der Waals surface area contributed by atoms with E-state index in [1.54, 1.807) is 4.31 Å². The number of carbonyl (C=O) groups is 1. The van der Waals surface area contributed by atoms with Crippen LogP contribution in [0.2, 0.25) is 0 Å². The van der Waals surface area contributed by atoms with Crippen LogP contribution in [0, 0.1) is 11.3 Å². The van der Waals surface area contributed by atoms with Gasteiger partial charge in [-0.3, -0.25) is 4.79 Å². The maximum absolute atomic E-state index is 12.9. The van der Waals surface area contributed by atoms with E-state index in [4.69, 9.17) is 0 Å². The molecule has 2 saturated heterocycles. The number of hydrogen-bond donors (Lipinski definition) is 0. The summed E-state index contributed by atoms with van der Waals surface area (Å²) in [4.78, 5) is 15.0. The number of rotatable bonds is 5. The van der Waals surface area contributed by atoms with Crippen LogP contribution >= 0.6 is 0 Å². The Kier molecular flexibility index (Phi) is 6.65. The molecule has 0 atom stereocenters. The van der Waals surface area contributed by atoms with E-state index in [2.05, 4.69) is 4.90 Å². The highest BCUT2D eigenvalue weighted by molar-refractivity contribution is 7.89. The lowest BCUT2D eigenvalue weighted by atomic mass is 9.68. The molecule has 26 heavy (non-hydrogen) atoms. The number of hydrogen-bond acceptors (Lipinski definition) is 3. The van der Waals surface area contributed by atoms with Crippen molar-refractivity contribution in [3.63, 3.8) is 0 Å². The molecule has 3 rings (SSSR count). The van der Waals surface area contributed by atoms with E-state index in [0.29, 0.717) is 31.3 Å². The molecule has 0 aromatic rings. The maximum Gasteiger partial charge on any atom is 0.225 e. The van der Waals surface area contributed by atoms with Crippen LogP contribution in [0.4, 0.5) is 0 Å². The monoisotopic (exact) mass is 384 g/mol. The summed E-state index contributed by atoms with van der Waals surface area (Å²) in [6.07, 6.45) is 12.1. The Morgan fingerprint density at radius 2 is 1.58 bits per heavy atom. The standard InChI is InChI=1S/C20H36N2O3S/c1-2-3-17-26(24,25)22-13-7-18(8-14-22)19(23)21-15-11-20(12-16-21)9-5-4-6-10-20/h18H,2-17H2,1H3. The molecule has 1 spiro atoms. The van der Waals surface area contributed by atoms with Gasteiger partial charge in [0.1, 0.15) is 0 Å². The molecular formula is C20H36N2O3S. The zero-order chi connectivity index (χ0) is 18.6. The third kappa shape index (κ3) is 4.61. The summed E-state index contributed by atoms with van der Waals surface area (Å²) in [6, 6.07) is 0. The predicted molar refractivity (Wildman–Crippen MR) is 104 cm³/mol. The summed E-state index contributed by atoms with van der Waals surface area (Å²) in [5.74, 6) is 0.547. The molecule has 0 aromatic carbocycles. The van der Waals surface area contributed by atoms with Crippen molar-refractivity contribution in [1.82, 2.24) is 9.21 Å². The number of likely N-dealkylation sites (tertiary alicyclic amines) is 1. The van der Waals surface area contributed by atoms with Crippen LogP contribution in [0.25, 0.3) is 0 Å². The highest BCUT2D eigenvalue weighted by atomic mass is 32.2. The highest BCUT2D eigenvalue weighted by Gasteiger charge is 2.39. The van der Waals surface area contributed by atoms with Gasteiger partial charge < -0.3 is 4.90 Å². The van der Waals surface area contributed by atoms with Crippen molar-refractivity contribution < 1.29 is 13.2 Å². The lowest BCUT2D eigenvalue weighted by Crippen LogP contribution is -2.48. The fourth-order valence-corrected chi connectivity index (χ4v) is 6.78. The zero-order valence-electron chi connectivity index (χ0n) is 16.4. The minimum absolute atomic E-state index is 0.0213. The van der Waals surface area contributed by atoms with Crippen molar-refractivity contribution in [3.8, 4) is 0 Å². The molecule has 1 amide bonds. The van der Waals surface area contributed by atoms with Gasteiger partial charge in [0.2, 0.25) is 15.9 Å². The van der Waals surface area contributed by atoms with Gasteiger partial charge in [-0.2, -0.15) is 0 Å².